The largest absolute Gasteiger partial charge is 0.387 e. The van der Waals surface area contributed by atoms with Crippen LogP contribution in [0.15, 0.2) is 30.3 Å². The number of aliphatic hydroxyl groups is 1. The van der Waals surface area contributed by atoms with Crippen LogP contribution in [0.4, 0.5) is 0 Å². The Balaban J connectivity index is 1.88. The molecule has 0 aromatic heterocycles. The third kappa shape index (κ3) is 4.31. The second-order valence-electron chi connectivity index (χ2n) is 6.47. The molecule has 0 heterocycles. The maximum absolute atomic E-state index is 12.4. The van der Waals surface area contributed by atoms with E-state index in [2.05, 4.69) is 19.2 Å². The van der Waals surface area contributed by atoms with E-state index in [1.165, 1.54) is 6.42 Å². The van der Waals surface area contributed by atoms with Crippen LogP contribution in [-0.2, 0) is 4.79 Å². The Bertz CT molecular complexity index is 444. The first kappa shape index (κ1) is 16.0. The minimum atomic E-state index is -0.628. The van der Waals surface area contributed by atoms with E-state index in [1.54, 1.807) is 0 Å². The maximum Gasteiger partial charge on any atom is 0.223 e. The topological polar surface area (TPSA) is 49.3 Å². The fourth-order valence-corrected chi connectivity index (χ4v) is 3.40. The van der Waals surface area contributed by atoms with Gasteiger partial charge in [0, 0.05) is 12.5 Å². The van der Waals surface area contributed by atoms with Crippen molar-refractivity contribution in [1.29, 1.82) is 0 Å². The van der Waals surface area contributed by atoms with Crippen molar-refractivity contribution in [2.24, 2.45) is 17.8 Å². The summed E-state index contributed by atoms with van der Waals surface area (Å²) >= 11 is 0. The minimum Gasteiger partial charge on any atom is -0.387 e. The first-order chi connectivity index (χ1) is 10.1. The highest BCUT2D eigenvalue weighted by Crippen LogP contribution is 2.35. The Morgan fingerprint density at radius 2 is 1.90 bits per heavy atom. The van der Waals surface area contributed by atoms with Gasteiger partial charge in [0.1, 0.15) is 0 Å². The molecular weight excluding hydrogens is 262 g/mol. The van der Waals surface area contributed by atoms with Crippen LogP contribution in [0.3, 0.4) is 0 Å². The van der Waals surface area contributed by atoms with Gasteiger partial charge in [0.2, 0.25) is 5.91 Å². The summed E-state index contributed by atoms with van der Waals surface area (Å²) in [7, 11) is 0. The summed E-state index contributed by atoms with van der Waals surface area (Å²) in [5.41, 5.74) is 0.849. The van der Waals surface area contributed by atoms with Gasteiger partial charge in [-0.25, -0.2) is 0 Å². The van der Waals surface area contributed by atoms with Gasteiger partial charge in [-0.15, -0.1) is 0 Å². The lowest BCUT2D eigenvalue weighted by Crippen LogP contribution is -2.40. The Morgan fingerprint density at radius 3 is 2.57 bits per heavy atom. The fraction of sp³-hybridized carbons (Fsp3) is 0.611. The third-order valence-corrected chi connectivity index (χ3v) is 4.67. The van der Waals surface area contributed by atoms with Gasteiger partial charge in [-0.3, -0.25) is 4.79 Å². The molecule has 1 saturated carbocycles. The molecule has 0 radical (unpaired) electrons. The summed E-state index contributed by atoms with van der Waals surface area (Å²) in [6, 6.07) is 9.49. The summed E-state index contributed by atoms with van der Waals surface area (Å²) in [6.45, 7) is 4.70. The van der Waals surface area contributed by atoms with Gasteiger partial charge in [-0.2, -0.15) is 0 Å². The molecule has 1 amide bonds. The van der Waals surface area contributed by atoms with Crippen molar-refractivity contribution in [3.63, 3.8) is 0 Å². The Morgan fingerprint density at radius 1 is 1.24 bits per heavy atom. The molecule has 2 rings (SSSR count). The van der Waals surface area contributed by atoms with Crippen LogP contribution in [0.5, 0.6) is 0 Å². The predicted octanol–water partition coefficient (Wildman–Crippen LogP) is 3.30. The third-order valence-electron chi connectivity index (χ3n) is 4.67. The summed E-state index contributed by atoms with van der Waals surface area (Å²) in [5.74, 6) is 1.25. The molecule has 0 bridgehead atoms. The van der Waals surface area contributed by atoms with Gasteiger partial charge in [0.15, 0.2) is 0 Å². The van der Waals surface area contributed by atoms with Crippen LogP contribution in [0, 0.1) is 17.8 Å². The summed E-state index contributed by atoms with van der Waals surface area (Å²) in [4.78, 5) is 12.4. The fourth-order valence-electron chi connectivity index (χ4n) is 3.40. The Labute approximate surface area is 127 Å². The highest BCUT2D eigenvalue weighted by molar-refractivity contribution is 5.79. The van der Waals surface area contributed by atoms with Crippen molar-refractivity contribution in [3.05, 3.63) is 35.9 Å². The molecule has 0 spiro atoms. The van der Waals surface area contributed by atoms with Gasteiger partial charge in [-0.1, -0.05) is 57.0 Å². The van der Waals surface area contributed by atoms with Crippen molar-refractivity contribution in [2.45, 2.75) is 45.6 Å². The lowest BCUT2D eigenvalue weighted by molar-refractivity contribution is -0.129. The average Bonchev–Trinajstić information content (AvgIpc) is 2.53. The van der Waals surface area contributed by atoms with Gasteiger partial charge < -0.3 is 10.4 Å². The zero-order valence-corrected chi connectivity index (χ0v) is 13.1. The van der Waals surface area contributed by atoms with Crippen molar-refractivity contribution >= 4 is 5.91 Å². The van der Waals surface area contributed by atoms with E-state index in [4.69, 9.17) is 0 Å². The summed E-state index contributed by atoms with van der Waals surface area (Å²) in [5, 5.41) is 13.1. The SMILES string of the molecule is CC(C)[C@@H]1CCCC[C@H]1C(=O)NCC(O)c1ccccc1. The van der Waals surface area contributed by atoms with Crippen molar-refractivity contribution in [1.82, 2.24) is 5.32 Å². The van der Waals surface area contributed by atoms with Crippen molar-refractivity contribution < 1.29 is 9.90 Å². The van der Waals surface area contributed by atoms with Gasteiger partial charge >= 0.3 is 0 Å². The van der Waals surface area contributed by atoms with Crippen LogP contribution in [-0.4, -0.2) is 17.6 Å². The molecule has 116 valence electrons. The Kier molecular flexibility index (Phi) is 5.80. The van der Waals surface area contributed by atoms with Gasteiger partial charge in [-0.05, 0) is 30.2 Å². The highest BCUT2D eigenvalue weighted by Gasteiger charge is 2.32. The van der Waals surface area contributed by atoms with Crippen molar-refractivity contribution in [3.8, 4) is 0 Å². The van der Waals surface area contributed by atoms with Crippen LogP contribution in [0.1, 0.15) is 51.2 Å². The number of aliphatic hydroxyl groups excluding tert-OH is 1. The lowest BCUT2D eigenvalue weighted by atomic mass is 9.73. The summed E-state index contributed by atoms with van der Waals surface area (Å²) < 4.78 is 0. The lowest BCUT2D eigenvalue weighted by Gasteiger charge is -2.33. The molecule has 21 heavy (non-hydrogen) atoms. The first-order valence-electron chi connectivity index (χ1n) is 8.10. The number of benzene rings is 1. The van der Waals surface area contributed by atoms with E-state index >= 15 is 0 Å². The first-order valence-corrected chi connectivity index (χ1v) is 8.10. The number of nitrogens with one attached hydrogen (secondary N) is 1. The number of rotatable bonds is 5. The number of amides is 1. The van der Waals surface area contributed by atoms with E-state index in [0.29, 0.717) is 18.4 Å². The second-order valence-corrected chi connectivity index (χ2v) is 6.47. The van der Waals surface area contributed by atoms with Crippen LogP contribution in [0.2, 0.25) is 0 Å². The van der Waals surface area contributed by atoms with E-state index in [9.17, 15) is 9.90 Å². The molecule has 1 aromatic rings. The monoisotopic (exact) mass is 289 g/mol. The smallest absolute Gasteiger partial charge is 0.223 e. The quantitative estimate of drug-likeness (QED) is 0.874. The molecule has 0 aliphatic heterocycles. The second kappa shape index (κ2) is 7.60. The zero-order chi connectivity index (χ0) is 15.2. The summed E-state index contributed by atoms with van der Waals surface area (Å²) in [6.07, 6.45) is 3.88. The molecule has 0 saturated heterocycles. The molecule has 3 heteroatoms. The van der Waals surface area contributed by atoms with Crippen LogP contribution < -0.4 is 5.32 Å². The molecule has 3 atom stereocenters. The number of hydrogen-bond donors (Lipinski definition) is 2. The molecule has 1 aromatic carbocycles. The van der Waals surface area contributed by atoms with E-state index < -0.39 is 6.10 Å². The number of carbonyl (C=O) groups excluding carboxylic acids is 1. The van der Waals surface area contributed by atoms with Crippen molar-refractivity contribution in [2.75, 3.05) is 6.54 Å². The molecule has 2 N–H and O–H groups in total. The Hall–Kier alpha value is -1.35. The van der Waals surface area contributed by atoms with E-state index in [0.717, 1.165) is 24.8 Å². The predicted molar refractivity (Wildman–Crippen MR) is 84.7 cm³/mol. The van der Waals surface area contributed by atoms with Gasteiger partial charge in [0.25, 0.3) is 0 Å². The molecule has 1 unspecified atom stereocenters. The molecule has 1 aliphatic rings. The molecule has 1 aliphatic carbocycles. The average molecular weight is 289 g/mol. The van der Waals surface area contributed by atoms with E-state index in [-0.39, 0.29) is 11.8 Å². The highest BCUT2D eigenvalue weighted by atomic mass is 16.3. The normalized spacial score (nSPS) is 23.8. The van der Waals surface area contributed by atoms with Gasteiger partial charge in [0.05, 0.1) is 6.10 Å². The minimum absolute atomic E-state index is 0.113. The number of hydrogen-bond acceptors (Lipinski definition) is 2. The van der Waals surface area contributed by atoms with Crippen LogP contribution in [0.25, 0.3) is 0 Å². The number of carbonyl (C=O) groups is 1. The standard InChI is InChI=1S/C18H27NO2/c1-13(2)15-10-6-7-11-16(15)18(21)19-12-17(20)14-8-4-3-5-9-14/h3-5,8-9,13,15-17,20H,6-7,10-12H2,1-2H3,(H,19,21)/t15-,16+,17?/m0/s1. The molecule has 1 fully saturated rings. The zero-order valence-electron chi connectivity index (χ0n) is 13.1. The van der Waals surface area contributed by atoms with E-state index in [1.807, 2.05) is 30.3 Å². The molecular formula is C18H27NO2. The molecule has 3 nitrogen and oxygen atoms in total. The maximum atomic E-state index is 12.4. The van der Waals surface area contributed by atoms with Crippen LogP contribution >= 0.6 is 0 Å².